The van der Waals surface area contributed by atoms with Gasteiger partial charge in [-0.3, -0.25) is 4.79 Å². The molecule has 0 radical (unpaired) electrons. The Hall–Kier alpha value is -1.74. The van der Waals surface area contributed by atoms with Crippen molar-refractivity contribution in [2.24, 2.45) is 5.92 Å². The normalized spacial score (nSPS) is 20.3. The van der Waals surface area contributed by atoms with E-state index in [9.17, 15) is 13.2 Å². The Morgan fingerprint density at radius 2 is 2.20 bits per heavy atom. The second-order valence-electron chi connectivity index (χ2n) is 6.92. The van der Waals surface area contributed by atoms with Gasteiger partial charge in [0.1, 0.15) is 5.75 Å². The number of fused-ring (bicyclic) bond motifs is 1. The van der Waals surface area contributed by atoms with Crippen LogP contribution in [0.15, 0.2) is 10.6 Å². The van der Waals surface area contributed by atoms with Gasteiger partial charge in [0.25, 0.3) is 5.91 Å². The van der Waals surface area contributed by atoms with E-state index in [0.717, 1.165) is 32.1 Å². The molecule has 0 aromatic carbocycles. The molecular weight excluding hydrogens is 362 g/mol. The lowest BCUT2D eigenvalue weighted by atomic mass is 9.90. The minimum Gasteiger partial charge on any atom is -0.339 e. The Morgan fingerprint density at radius 3 is 2.96 bits per heavy atom. The highest BCUT2D eigenvalue weighted by molar-refractivity contribution is 7.89. The zero-order chi connectivity index (χ0) is 17.6. The molecule has 1 fully saturated rings. The summed E-state index contributed by atoms with van der Waals surface area (Å²) in [5, 5.41) is 3.69. The van der Waals surface area contributed by atoms with E-state index < -0.39 is 21.7 Å². The van der Waals surface area contributed by atoms with Crippen LogP contribution in [0.3, 0.4) is 0 Å². The lowest BCUT2D eigenvalue weighted by molar-refractivity contribution is 0.0985. The molecular formula is C16H19N3O4S2. The van der Waals surface area contributed by atoms with Gasteiger partial charge in [0, 0.05) is 10.8 Å². The highest BCUT2D eigenvalue weighted by Gasteiger charge is 2.31. The highest BCUT2D eigenvalue weighted by atomic mass is 32.2. The summed E-state index contributed by atoms with van der Waals surface area (Å²) < 4.78 is 31.6. The summed E-state index contributed by atoms with van der Waals surface area (Å²) in [6.45, 7) is 2.19. The molecule has 0 aliphatic heterocycles. The molecule has 7 nitrogen and oxygen atoms in total. The van der Waals surface area contributed by atoms with Crippen molar-refractivity contribution in [2.45, 2.75) is 50.7 Å². The molecule has 0 bridgehead atoms. The van der Waals surface area contributed by atoms with E-state index in [-0.39, 0.29) is 11.7 Å². The first-order valence-corrected chi connectivity index (χ1v) is 10.9. The number of amides is 1. The van der Waals surface area contributed by atoms with Gasteiger partial charge in [-0.05, 0) is 49.7 Å². The van der Waals surface area contributed by atoms with Crippen LogP contribution in [0.2, 0.25) is 0 Å². The molecule has 134 valence electrons. The molecule has 1 atom stereocenters. The maximum absolute atomic E-state index is 12.3. The molecule has 2 aliphatic rings. The molecule has 4 rings (SSSR count). The number of sulfonamides is 1. The van der Waals surface area contributed by atoms with Crippen LogP contribution in [0.1, 0.15) is 63.9 Å². The lowest BCUT2D eigenvalue weighted by Crippen LogP contribution is -2.31. The van der Waals surface area contributed by atoms with Gasteiger partial charge in [-0.2, -0.15) is 4.98 Å². The second kappa shape index (κ2) is 6.21. The van der Waals surface area contributed by atoms with Crippen LogP contribution in [0, 0.1) is 5.92 Å². The number of aromatic nitrogens is 2. The topological polar surface area (TPSA) is 102 Å². The average molecular weight is 381 g/mol. The first kappa shape index (κ1) is 16.7. The summed E-state index contributed by atoms with van der Waals surface area (Å²) in [7, 11) is -3.86. The number of hydrogen-bond donors (Lipinski definition) is 1. The van der Waals surface area contributed by atoms with Crippen LogP contribution >= 0.6 is 11.3 Å². The number of nitrogens with one attached hydrogen (secondary N) is 1. The van der Waals surface area contributed by atoms with Crippen LogP contribution in [-0.2, 0) is 28.6 Å². The van der Waals surface area contributed by atoms with E-state index in [0.29, 0.717) is 16.7 Å². The van der Waals surface area contributed by atoms with Crippen LogP contribution in [0.4, 0.5) is 0 Å². The summed E-state index contributed by atoms with van der Waals surface area (Å²) in [6, 6.07) is 1.82. The Kier molecular flexibility index (Phi) is 4.15. The van der Waals surface area contributed by atoms with Crippen LogP contribution in [0.25, 0.3) is 0 Å². The molecule has 0 spiro atoms. The first-order chi connectivity index (χ1) is 11.9. The highest BCUT2D eigenvalue weighted by Crippen LogP contribution is 2.38. The molecule has 1 unspecified atom stereocenters. The van der Waals surface area contributed by atoms with Gasteiger partial charge in [-0.15, -0.1) is 11.3 Å². The van der Waals surface area contributed by atoms with Crippen molar-refractivity contribution in [3.8, 4) is 0 Å². The lowest BCUT2D eigenvalue weighted by Gasteiger charge is -2.16. The van der Waals surface area contributed by atoms with Gasteiger partial charge in [0.05, 0.1) is 4.88 Å². The number of thiophene rings is 1. The van der Waals surface area contributed by atoms with Crippen molar-refractivity contribution in [3.05, 3.63) is 33.1 Å². The minimum atomic E-state index is -3.86. The predicted molar refractivity (Wildman–Crippen MR) is 91.9 cm³/mol. The number of carbonyl (C=O) groups is 1. The summed E-state index contributed by atoms with van der Waals surface area (Å²) in [4.78, 5) is 18.0. The Balaban J connectivity index is 1.43. The zero-order valence-corrected chi connectivity index (χ0v) is 15.5. The van der Waals surface area contributed by atoms with Crippen molar-refractivity contribution in [3.63, 3.8) is 0 Å². The maximum atomic E-state index is 12.3. The first-order valence-electron chi connectivity index (χ1n) is 8.38. The van der Waals surface area contributed by atoms with Crippen molar-refractivity contribution in [1.29, 1.82) is 0 Å². The molecule has 1 saturated carbocycles. The number of aryl methyl sites for hydroxylation is 1. The molecule has 2 heterocycles. The molecule has 0 saturated heterocycles. The average Bonchev–Trinajstić information content (AvgIpc) is 3.13. The third kappa shape index (κ3) is 3.77. The van der Waals surface area contributed by atoms with Crippen LogP contribution < -0.4 is 4.72 Å². The van der Waals surface area contributed by atoms with E-state index in [1.807, 2.05) is 6.07 Å². The van der Waals surface area contributed by atoms with Gasteiger partial charge in [0.15, 0.2) is 5.82 Å². The molecule has 1 N–H and O–H groups in total. The SMILES string of the molecule is CC1CCc2sc(C(=O)NS(=O)(=O)Cc3noc(C4CC4)n3)cc2C1. The van der Waals surface area contributed by atoms with Gasteiger partial charge >= 0.3 is 0 Å². The third-order valence-corrected chi connectivity index (χ3v) is 6.90. The largest absolute Gasteiger partial charge is 0.339 e. The Morgan fingerprint density at radius 1 is 1.40 bits per heavy atom. The van der Waals surface area contributed by atoms with Crippen molar-refractivity contribution < 1.29 is 17.7 Å². The fraction of sp³-hybridized carbons (Fsp3) is 0.562. The summed E-state index contributed by atoms with van der Waals surface area (Å²) in [5.41, 5.74) is 1.17. The van der Waals surface area contributed by atoms with E-state index in [1.54, 1.807) is 0 Å². The van der Waals surface area contributed by atoms with E-state index in [1.165, 1.54) is 21.8 Å². The Bertz CT molecular complexity index is 912. The van der Waals surface area contributed by atoms with Crippen LogP contribution in [-0.4, -0.2) is 24.5 Å². The van der Waals surface area contributed by atoms with Gasteiger partial charge in [-0.25, -0.2) is 13.1 Å². The summed E-state index contributed by atoms with van der Waals surface area (Å²) >= 11 is 1.38. The summed E-state index contributed by atoms with van der Waals surface area (Å²) in [5.74, 6) is 0.381. The smallest absolute Gasteiger partial charge is 0.274 e. The monoisotopic (exact) mass is 381 g/mol. The molecule has 2 aromatic heterocycles. The summed E-state index contributed by atoms with van der Waals surface area (Å²) in [6.07, 6.45) is 4.99. The van der Waals surface area contributed by atoms with Gasteiger partial charge < -0.3 is 4.52 Å². The number of carbonyl (C=O) groups excluding carboxylic acids is 1. The standard InChI is InChI=1S/C16H19N3O4S2/c1-9-2-5-12-11(6-9)7-13(24-12)15(20)19-25(21,22)8-14-17-16(23-18-14)10-3-4-10/h7,9-10H,2-6,8H2,1H3,(H,19,20). The molecule has 1 amide bonds. The fourth-order valence-electron chi connectivity index (χ4n) is 3.04. The Labute approximate surface area is 149 Å². The zero-order valence-electron chi connectivity index (χ0n) is 13.8. The predicted octanol–water partition coefficient (Wildman–Crippen LogP) is 2.39. The van der Waals surface area contributed by atoms with E-state index in [2.05, 4.69) is 21.8 Å². The van der Waals surface area contributed by atoms with Crippen molar-refractivity contribution >= 4 is 27.3 Å². The van der Waals surface area contributed by atoms with Gasteiger partial charge in [0.2, 0.25) is 15.9 Å². The molecule has 9 heteroatoms. The van der Waals surface area contributed by atoms with E-state index in [4.69, 9.17) is 4.52 Å². The molecule has 25 heavy (non-hydrogen) atoms. The van der Waals surface area contributed by atoms with Crippen LogP contribution in [0.5, 0.6) is 0 Å². The van der Waals surface area contributed by atoms with Crippen molar-refractivity contribution in [2.75, 3.05) is 0 Å². The minimum absolute atomic E-state index is 0.0847. The second-order valence-corrected chi connectivity index (χ2v) is 9.78. The quantitative estimate of drug-likeness (QED) is 0.853. The molecule has 2 aliphatic carbocycles. The maximum Gasteiger partial charge on any atom is 0.274 e. The van der Waals surface area contributed by atoms with Crippen molar-refractivity contribution in [1.82, 2.24) is 14.9 Å². The number of rotatable bonds is 5. The third-order valence-electron chi connectivity index (χ3n) is 4.53. The number of nitrogens with zero attached hydrogens (tertiary/aromatic N) is 2. The van der Waals surface area contributed by atoms with Gasteiger partial charge in [-0.1, -0.05) is 12.1 Å². The van der Waals surface area contributed by atoms with E-state index >= 15 is 0 Å². The molecule has 2 aromatic rings. The number of hydrogen-bond acceptors (Lipinski definition) is 7. The fourth-order valence-corrected chi connectivity index (χ4v) is 5.13.